The SMILES string of the molecule is O=C1CCCN1c1cncc(Nc2ncc(Cl)c(N3CCOC(c4ccccc4)C3)n2)c1. The number of nitrogens with zero attached hydrogens (tertiary/aromatic N) is 5. The van der Waals surface area contributed by atoms with Gasteiger partial charge in [0.2, 0.25) is 11.9 Å². The van der Waals surface area contributed by atoms with Gasteiger partial charge in [-0.2, -0.15) is 4.98 Å². The van der Waals surface area contributed by atoms with Crippen LogP contribution in [-0.2, 0) is 9.53 Å². The van der Waals surface area contributed by atoms with E-state index in [1.807, 2.05) is 24.3 Å². The van der Waals surface area contributed by atoms with Crippen LogP contribution in [0.15, 0.2) is 55.0 Å². The van der Waals surface area contributed by atoms with Crippen LogP contribution in [0.3, 0.4) is 0 Å². The number of carbonyl (C=O) groups is 1. The third-order valence-electron chi connectivity index (χ3n) is 5.63. The van der Waals surface area contributed by atoms with Gasteiger partial charge in [-0.1, -0.05) is 41.9 Å². The lowest BCUT2D eigenvalue weighted by molar-refractivity contribution is -0.117. The van der Waals surface area contributed by atoms with E-state index >= 15 is 0 Å². The second-order valence-electron chi connectivity index (χ2n) is 7.79. The van der Waals surface area contributed by atoms with Gasteiger partial charge in [-0.05, 0) is 18.1 Å². The highest BCUT2D eigenvalue weighted by Gasteiger charge is 2.25. The summed E-state index contributed by atoms with van der Waals surface area (Å²) in [7, 11) is 0. The molecule has 5 rings (SSSR count). The Morgan fingerprint density at radius 3 is 2.81 bits per heavy atom. The third-order valence-corrected chi connectivity index (χ3v) is 5.89. The molecule has 4 heterocycles. The highest BCUT2D eigenvalue weighted by atomic mass is 35.5. The van der Waals surface area contributed by atoms with Crippen molar-refractivity contribution < 1.29 is 9.53 Å². The molecule has 2 aliphatic heterocycles. The minimum absolute atomic E-state index is 0.0497. The first-order valence-corrected chi connectivity index (χ1v) is 11.0. The molecule has 164 valence electrons. The number of aromatic nitrogens is 3. The van der Waals surface area contributed by atoms with E-state index < -0.39 is 0 Å². The third kappa shape index (κ3) is 4.37. The molecule has 0 spiro atoms. The average molecular weight is 451 g/mol. The molecule has 0 aliphatic carbocycles. The maximum Gasteiger partial charge on any atom is 0.229 e. The Hall–Kier alpha value is -3.23. The molecule has 0 bridgehead atoms. The van der Waals surface area contributed by atoms with Crippen LogP contribution in [0.1, 0.15) is 24.5 Å². The molecule has 2 aromatic heterocycles. The molecule has 2 saturated heterocycles. The summed E-state index contributed by atoms with van der Waals surface area (Å²) in [6, 6.07) is 12.0. The van der Waals surface area contributed by atoms with Crippen molar-refractivity contribution in [2.45, 2.75) is 18.9 Å². The van der Waals surface area contributed by atoms with Crippen molar-refractivity contribution in [3.8, 4) is 0 Å². The van der Waals surface area contributed by atoms with Crippen molar-refractivity contribution in [1.29, 1.82) is 0 Å². The lowest BCUT2D eigenvalue weighted by Gasteiger charge is -2.34. The zero-order chi connectivity index (χ0) is 21.9. The van der Waals surface area contributed by atoms with Gasteiger partial charge in [0.1, 0.15) is 11.1 Å². The van der Waals surface area contributed by atoms with Gasteiger partial charge in [0.05, 0.1) is 36.6 Å². The smallest absolute Gasteiger partial charge is 0.229 e. The lowest BCUT2D eigenvalue weighted by atomic mass is 10.1. The highest BCUT2D eigenvalue weighted by Crippen LogP contribution is 2.31. The number of morpholine rings is 1. The van der Waals surface area contributed by atoms with Crippen LogP contribution in [0.5, 0.6) is 0 Å². The first-order chi connectivity index (χ1) is 15.7. The number of hydrogen-bond donors (Lipinski definition) is 1. The summed E-state index contributed by atoms with van der Waals surface area (Å²) in [4.78, 5) is 29.2. The lowest BCUT2D eigenvalue weighted by Crippen LogP contribution is -2.39. The maximum absolute atomic E-state index is 12.1. The standard InChI is InChI=1S/C23H23ClN6O2/c24-19-14-26-23(27-17-11-18(13-25-12-17)30-8-4-7-21(30)31)28-22(19)29-9-10-32-20(15-29)16-5-2-1-3-6-16/h1-3,5-6,11-14,20H,4,7-10,15H2,(H,26,27,28). The van der Waals surface area contributed by atoms with Crippen molar-refractivity contribution in [3.05, 3.63) is 65.6 Å². The van der Waals surface area contributed by atoms with Crippen LogP contribution >= 0.6 is 11.6 Å². The van der Waals surface area contributed by atoms with Crippen molar-refractivity contribution in [1.82, 2.24) is 15.0 Å². The second-order valence-corrected chi connectivity index (χ2v) is 8.19. The van der Waals surface area contributed by atoms with Gasteiger partial charge in [0.25, 0.3) is 0 Å². The molecule has 8 nitrogen and oxygen atoms in total. The fraction of sp³-hybridized carbons (Fsp3) is 0.304. The zero-order valence-electron chi connectivity index (χ0n) is 17.4. The molecule has 1 atom stereocenters. The summed E-state index contributed by atoms with van der Waals surface area (Å²) in [6.45, 7) is 2.63. The molecule has 0 radical (unpaired) electrons. The highest BCUT2D eigenvalue weighted by molar-refractivity contribution is 6.32. The van der Waals surface area contributed by atoms with Gasteiger partial charge in [0, 0.05) is 26.1 Å². The molecular weight excluding hydrogens is 428 g/mol. The maximum atomic E-state index is 12.1. The van der Waals surface area contributed by atoms with E-state index in [0.29, 0.717) is 55.1 Å². The Morgan fingerprint density at radius 2 is 2.00 bits per heavy atom. The number of halogens is 1. The molecule has 1 unspecified atom stereocenters. The van der Waals surface area contributed by atoms with Gasteiger partial charge >= 0.3 is 0 Å². The molecular formula is C23H23ClN6O2. The Balaban J connectivity index is 1.35. The Morgan fingerprint density at radius 1 is 1.12 bits per heavy atom. The molecule has 32 heavy (non-hydrogen) atoms. The van der Waals surface area contributed by atoms with Gasteiger partial charge in [-0.3, -0.25) is 9.78 Å². The first kappa shape index (κ1) is 20.7. The number of rotatable bonds is 5. The number of amides is 1. The van der Waals surface area contributed by atoms with Crippen molar-refractivity contribution in [2.75, 3.05) is 41.4 Å². The molecule has 1 amide bonds. The van der Waals surface area contributed by atoms with E-state index in [0.717, 1.165) is 17.7 Å². The molecule has 3 aromatic rings. The number of anilines is 4. The number of hydrogen-bond acceptors (Lipinski definition) is 7. The molecule has 0 saturated carbocycles. The zero-order valence-corrected chi connectivity index (χ0v) is 18.2. The van der Waals surface area contributed by atoms with E-state index in [9.17, 15) is 4.79 Å². The van der Waals surface area contributed by atoms with Gasteiger partial charge in [-0.15, -0.1) is 0 Å². The van der Waals surface area contributed by atoms with E-state index in [-0.39, 0.29) is 12.0 Å². The number of carbonyl (C=O) groups excluding carboxylic acids is 1. The summed E-state index contributed by atoms with van der Waals surface area (Å²) in [6.07, 6.45) is 6.36. The molecule has 2 aliphatic rings. The molecule has 2 fully saturated rings. The van der Waals surface area contributed by atoms with Gasteiger partial charge in [-0.25, -0.2) is 4.98 Å². The van der Waals surface area contributed by atoms with Crippen molar-refractivity contribution in [3.63, 3.8) is 0 Å². The fourth-order valence-corrected chi connectivity index (χ4v) is 4.26. The van der Waals surface area contributed by atoms with Crippen LogP contribution in [0.4, 0.5) is 23.1 Å². The summed E-state index contributed by atoms with van der Waals surface area (Å²) in [5.74, 6) is 1.19. The predicted octanol–water partition coefficient (Wildman–Crippen LogP) is 3.97. The van der Waals surface area contributed by atoms with Crippen LogP contribution < -0.4 is 15.1 Å². The molecule has 1 aromatic carbocycles. The summed E-state index contributed by atoms with van der Waals surface area (Å²) in [5, 5.41) is 3.68. The Labute approximate surface area is 191 Å². The quantitative estimate of drug-likeness (QED) is 0.629. The Bertz CT molecular complexity index is 1110. The van der Waals surface area contributed by atoms with Crippen LogP contribution in [0.25, 0.3) is 0 Å². The van der Waals surface area contributed by atoms with Crippen molar-refractivity contribution >= 4 is 40.6 Å². The Kier molecular flexibility index (Phi) is 5.87. The normalized spacial score (nSPS) is 18.8. The van der Waals surface area contributed by atoms with E-state index in [2.05, 4.69) is 37.3 Å². The van der Waals surface area contributed by atoms with Crippen LogP contribution in [0, 0.1) is 0 Å². The number of pyridine rings is 1. The largest absolute Gasteiger partial charge is 0.370 e. The molecule has 1 N–H and O–H groups in total. The van der Waals surface area contributed by atoms with Gasteiger partial charge in [0.15, 0.2) is 5.82 Å². The van der Waals surface area contributed by atoms with E-state index in [1.165, 1.54) is 0 Å². The first-order valence-electron chi connectivity index (χ1n) is 10.6. The topological polar surface area (TPSA) is 83.5 Å². The van der Waals surface area contributed by atoms with Crippen LogP contribution in [-0.4, -0.2) is 47.1 Å². The van der Waals surface area contributed by atoms with Gasteiger partial charge < -0.3 is 19.9 Å². The minimum Gasteiger partial charge on any atom is -0.370 e. The number of ether oxygens (including phenoxy) is 1. The monoisotopic (exact) mass is 450 g/mol. The predicted molar refractivity (Wildman–Crippen MR) is 123 cm³/mol. The van der Waals surface area contributed by atoms with Crippen molar-refractivity contribution in [2.24, 2.45) is 0 Å². The summed E-state index contributed by atoms with van der Waals surface area (Å²) in [5.41, 5.74) is 2.60. The summed E-state index contributed by atoms with van der Waals surface area (Å²) >= 11 is 6.46. The minimum atomic E-state index is -0.0497. The number of benzene rings is 1. The van der Waals surface area contributed by atoms with E-state index in [4.69, 9.17) is 16.3 Å². The summed E-state index contributed by atoms with van der Waals surface area (Å²) < 4.78 is 5.97. The second kappa shape index (κ2) is 9.10. The van der Waals surface area contributed by atoms with Crippen LogP contribution in [0.2, 0.25) is 5.02 Å². The number of nitrogens with one attached hydrogen (secondary N) is 1. The fourth-order valence-electron chi connectivity index (χ4n) is 4.05. The molecule has 9 heteroatoms. The van der Waals surface area contributed by atoms with E-state index in [1.54, 1.807) is 23.5 Å². The average Bonchev–Trinajstić information content (AvgIpc) is 3.27.